The van der Waals surface area contributed by atoms with Gasteiger partial charge < -0.3 is 10.0 Å². The Morgan fingerprint density at radius 2 is 1.37 bits per heavy atom. The molecule has 0 aliphatic rings. The highest BCUT2D eigenvalue weighted by molar-refractivity contribution is 5.73. The third kappa shape index (κ3) is 11.7. The molecule has 0 fully saturated rings. The molecule has 0 aromatic carbocycles. The van der Waals surface area contributed by atoms with E-state index in [4.69, 9.17) is 5.11 Å². The van der Waals surface area contributed by atoms with Crippen LogP contribution in [0.3, 0.4) is 0 Å². The molecule has 0 bridgehead atoms. The molecule has 0 aromatic heterocycles. The first-order valence-electron chi connectivity index (χ1n) is 7.55. The summed E-state index contributed by atoms with van der Waals surface area (Å²) >= 11 is 0. The highest BCUT2D eigenvalue weighted by atomic mass is 16.4. The van der Waals surface area contributed by atoms with E-state index in [0.29, 0.717) is 6.42 Å². The minimum atomic E-state index is -0.689. The fraction of sp³-hybridized carbons (Fsp3) is 0.867. The van der Waals surface area contributed by atoms with Gasteiger partial charge in [-0.3, -0.25) is 9.59 Å². The van der Waals surface area contributed by atoms with Crippen LogP contribution in [-0.2, 0) is 9.59 Å². The minimum absolute atomic E-state index is 0.168. The molecule has 19 heavy (non-hydrogen) atoms. The number of nitrogens with zero attached hydrogens (tertiary/aromatic N) is 1. The van der Waals surface area contributed by atoms with E-state index in [9.17, 15) is 9.59 Å². The molecule has 4 heteroatoms. The van der Waals surface area contributed by atoms with Crippen LogP contribution in [0.4, 0.5) is 0 Å². The predicted molar refractivity (Wildman–Crippen MR) is 77.1 cm³/mol. The molecule has 1 amide bonds. The zero-order valence-corrected chi connectivity index (χ0v) is 12.5. The van der Waals surface area contributed by atoms with Gasteiger partial charge in [0.2, 0.25) is 5.91 Å². The van der Waals surface area contributed by atoms with Crippen molar-refractivity contribution in [3.05, 3.63) is 0 Å². The van der Waals surface area contributed by atoms with Crippen LogP contribution < -0.4 is 0 Å². The van der Waals surface area contributed by atoms with Crippen molar-refractivity contribution in [3.63, 3.8) is 0 Å². The van der Waals surface area contributed by atoms with E-state index in [1.807, 2.05) is 11.8 Å². The molecule has 0 saturated heterocycles. The molecular weight excluding hydrogens is 242 g/mol. The third-order valence-electron chi connectivity index (χ3n) is 3.40. The van der Waals surface area contributed by atoms with Gasteiger partial charge in [-0.15, -0.1) is 0 Å². The van der Waals surface area contributed by atoms with Crippen molar-refractivity contribution in [3.8, 4) is 0 Å². The second kappa shape index (κ2) is 12.0. The van der Waals surface area contributed by atoms with Gasteiger partial charge in [0.15, 0.2) is 0 Å². The fourth-order valence-electron chi connectivity index (χ4n) is 2.18. The average Bonchev–Trinajstić information content (AvgIpc) is 2.35. The van der Waals surface area contributed by atoms with Gasteiger partial charge in [-0.05, 0) is 19.8 Å². The van der Waals surface area contributed by atoms with Gasteiger partial charge in [0, 0.05) is 26.4 Å². The van der Waals surface area contributed by atoms with Crippen LogP contribution in [0.5, 0.6) is 0 Å². The molecule has 0 saturated carbocycles. The van der Waals surface area contributed by atoms with Crippen LogP contribution >= 0.6 is 0 Å². The summed E-state index contributed by atoms with van der Waals surface area (Å²) in [6.07, 6.45) is 9.18. The van der Waals surface area contributed by atoms with Crippen molar-refractivity contribution in [1.82, 2.24) is 4.90 Å². The number of carbonyl (C=O) groups excluding carboxylic acids is 1. The number of amides is 1. The summed E-state index contributed by atoms with van der Waals surface area (Å²) in [6.45, 7) is 5.32. The van der Waals surface area contributed by atoms with Gasteiger partial charge in [0.25, 0.3) is 0 Å². The van der Waals surface area contributed by atoms with Gasteiger partial charge >= 0.3 is 5.97 Å². The van der Waals surface area contributed by atoms with Gasteiger partial charge in [0.05, 0.1) is 0 Å². The monoisotopic (exact) mass is 271 g/mol. The van der Waals surface area contributed by atoms with Crippen LogP contribution in [0.25, 0.3) is 0 Å². The number of carbonyl (C=O) groups is 2. The summed E-state index contributed by atoms with van der Waals surface area (Å²) in [5.74, 6) is -0.521. The van der Waals surface area contributed by atoms with Crippen molar-refractivity contribution in [2.75, 3.05) is 13.1 Å². The zero-order chi connectivity index (χ0) is 14.5. The van der Waals surface area contributed by atoms with Crippen LogP contribution in [0, 0.1) is 0 Å². The first-order chi connectivity index (χ1) is 9.07. The molecule has 0 heterocycles. The first-order valence-corrected chi connectivity index (χ1v) is 7.55. The van der Waals surface area contributed by atoms with E-state index in [0.717, 1.165) is 38.8 Å². The number of carboxylic acids is 1. The lowest BCUT2D eigenvalue weighted by molar-refractivity contribution is -0.137. The molecule has 0 aromatic rings. The average molecular weight is 271 g/mol. The van der Waals surface area contributed by atoms with E-state index >= 15 is 0 Å². The number of hydrogen-bond donors (Lipinski definition) is 1. The Morgan fingerprint density at radius 3 is 1.79 bits per heavy atom. The lowest BCUT2D eigenvalue weighted by atomic mass is 10.1. The van der Waals surface area contributed by atoms with Crippen molar-refractivity contribution in [1.29, 1.82) is 0 Å². The Kier molecular flexibility index (Phi) is 11.3. The standard InChI is InChI=1S/C15H29NO3/c1-3-16(14(2)17)13-11-9-7-5-4-6-8-10-12-15(18)19/h3-13H2,1-2H3,(H,18,19). The molecule has 112 valence electrons. The number of unbranched alkanes of at least 4 members (excludes halogenated alkanes) is 7. The first kappa shape index (κ1) is 17.9. The van der Waals surface area contributed by atoms with Crippen LogP contribution in [0.2, 0.25) is 0 Å². The van der Waals surface area contributed by atoms with Crippen LogP contribution in [0.15, 0.2) is 0 Å². The van der Waals surface area contributed by atoms with Crippen molar-refractivity contribution in [2.24, 2.45) is 0 Å². The Bertz CT molecular complexity index is 254. The van der Waals surface area contributed by atoms with Gasteiger partial charge in [-0.1, -0.05) is 38.5 Å². The predicted octanol–water partition coefficient (Wildman–Crippen LogP) is 3.45. The van der Waals surface area contributed by atoms with E-state index in [1.165, 1.54) is 25.7 Å². The molecule has 0 radical (unpaired) electrons. The molecule has 1 N–H and O–H groups in total. The molecular formula is C15H29NO3. The lowest BCUT2D eigenvalue weighted by Gasteiger charge is -2.18. The Labute approximate surface area is 117 Å². The minimum Gasteiger partial charge on any atom is -0.481 e. The topological polar surface area (TPSA) is 57.6 Å². The maximum absolute atomic E-state index is 11.2. The summed E-state index contributed by atoms with van der Waals surface area (Å²) in [7, 11) is 0. The van der Waals surface area contributed by atoms with E-state index in [1.54, 1.807) is 6.92 Å². The largest absolute Gasteiger partial charge is 0.481 e. The summed E-state index contributed by atoms with van der Waals surface area (Å²) in [5.41, 5.74) is 0. The van der Waals surface area contributed by atoms with E-state index in [2.05, 4.69) is 0 Å². The van der Waals surface area contributed by atoms with Crippen LogP contribution in [-0.4, -0.2) is 35.0 Å². The zero-order valence-electron chi connectivity index (χ0n) is 12.5. The van der Waals surface area contributed by atoms with Crippen molar-refractivity contribution >= 4 is 11.9 Å². The normalized spacial score (nSPS) is 10.4. The molecule has 0 rings (SSSR count). The second-order valence-corrected chi connectivity index (χ2v) is 5.07. The highest BCUT2D eigenvalue weighted by Crippen LogP contribution is 2.10. The van der Waals surface area contributed by atoms with Crippen molar-refractivity contribution < 1.29 is 14.7 Å². The SMILES string of the molecule is CCN(CCCCCCCCCCC(=O)O)C(C)=O. The Hall–Kier alpha value is -1.06. The number of hydrogen-bond acceptors (Lipinski definition) is 2. The lowest BCUT2D eigenvalue weighted by Crippen LogP contribution is -2.29. The number of rotatable bonds is 12. The third-order valence-corrected chi connectivity index (χ3v) is 3.40. The van der Waals surface area contributed by atoms with Gasteiger partial charge in [0.1, 0.15) is 0 Å². The Morgan fingerprint density at radius 1 is 0.895 bits per heavy atom. The summed E-state index contributed by atoms with van der Waals surface area (Å²) in [5, 5.41) is 8.49. The molecule has 0 atom stereocenters. The number of aliphatic carboxylic acids is 1. The molecule has 0 unspecified atom stereocenters. The van der Waals surface area contributed by atoms with E-state index in [-0.39, 0.29) is 5.91 Å². The second-order valence-electron chi connectivity index (χ2n) is 5.07. The summed E-state index contributed by atoms with van der Waals surface area (Å²) in [6, 6.07) is 0. The van der Waals surface area contributed by atoms with Gasteiger partial charge in [-0.2, -0.15) is 0 Å². The molecule has 0 spiro atoms. The fourth-order valence-corrected chi connectivity index (χ4v) is 2.18. The maximum atomic E-state index is 11.2. The Balaban J connectivity index is 3.23. The quantitative estimate of drug-likeness (QED) is 0.553. The highest BCUT2D eigenvalue weighted by Gasteiger charge is 2.04. The summed E-state index contributed by atoms with van der Waals surface area (Å²) in [4.78, 5) is 23.4. The maximum Gasteiger partial charge on any atom is 0.303 e. The molecule has 0 aliphatic carbocycles. The number of carboxylic acid groups (broad SMARTS) is 1. The summed E-state index contributed by atoms with van der Waals surface area (Å²) < 4.78 is 0. The molecule has 0 aliphatic heterocycles. The van der Waals surface area contributed by atoms with Gasteiger partial charge in [-0.25, -0.2) is 0 Å². The van der Waals surface area contributed by atoms with Crippen LogP contribution in [0.1, 0.15) is 71.6 Å². The van der Waals surface area contributed by atoms with Crippen molar-refractivity contribution in [2.45, 2.75) is 71.6 Å². The molecule has 4 nitrogen and oxygen atoms in total. The smallest absolute Gasteiger partial charge is 0.303 e. The van der Waals surface area contributed by atoms with E-state index < -0.39 is 5.97 Å².